The van der Waals surface area contributed by atoms with E-state index in [-0.39, 0.29) is 11.9 Å². The highest BCUT2D eigenvalue weighted by atomic mass is 19.1. The first kappa shape index (κ1) is 17.0. The van der Waals surface area contributed by atoms with Crippen LogP contribution in [-0.4, -0.2) is 32.2 Å². The van der Waals surface area contributed by atoms with E-state index >= 15 is 0 Å². The highest BCUT2D eigenvalue weighted by molar-refractivity contribution is 5.79. The van der Waals surface area contributed by atoms with Gasteiger partial charge in [0.05, 0.1) is 6.54 Å². The Morgan fingerprint density at radius 3 is 2.90 bits per heavy atom. The molecule has 0 heterocycles. The molecule has 4 nitrogen and oxygen atoms in total. The van der Waals surface area contributed by atoms with Crippen LogP contribution in [0.4, 0.5) is 4.39 Å². The van der Waals surface area contributed by atoms with Crippen LogP contribution in [0.3, 0.4) is 0 Å². The zero-order valence-electron chi connectivity index (χ0n) is 12.9. The number of allylic oxidation sites excluding steroid dienone is 1. The lowest BCUT2D eigenvalue weighted by Crippen LogP contribution is -2.42. The van der Waals surface area contributed by atoms with Crippen molar-refractivity contribution in [3.63, 3.8) is 0 Å². The Morgan fingerprint density at radius 1 is 1.43 bits per heavy atom. The van der Waals surface area contributed by atoms with E-state index in [1.807, 2.05) is 19.9 Å². The Kier molecular flexibility index (Phi) is 7.94. The van der Waals surface area contributed by atoms with Gasteiger partial charge < -0.3 is 15.4 Å². The minimum absolute atomic E-state index is 0.0964. The van der Waals surface area contributed by atoms with Crippen LogP contribution in [0, 0.1) is 5.82 Å². The molecule has 0 amide bonds. The van der Waals surface area contributed by atoms with Crippen molar-refractivity contribution in [2.75, 3.05) is 20.1 Å². The zero-order valence-corrected chi connectivity index (χ0v) is 12.9. The Morgan fingerprint density at radius 2 is 2.24 bits per heavy atom. The molecule has 1 aromatic carbocycles. The minimum atomic E-state index is -0.297. The van der Waals surface area contributed by atoms with Crippen molar-refractivity contribution in [1.82, 2.24) is 10.6 Å². The molecule has 2 N–H and O–H groups in total. The van der Waals surface area contributed by atoms with Gasteiger partial charge in [-0.3, -0.25) is 4.99 Å². The molecule has 1 atom stereocenters. The van der Waals surface area contributed by atoms with Crippen LogP contribution in [0.15, 0.2) is 41.4 Å². The van der Waals surface area contributed by atoms with E-state index in [4.69, 9.17) is 4.74 Å². The second-order valence-electron chi connectivity index (χ2n) is 4.62. The van der Waals surface area contributed by atoms with Gasteiger partial charge in [-0.05, 0) is 32.4 Å². The van der Waals surface area contributed by atoms with Crippen molar-refractivity contribution in [2.45, 2.75) is 26.4 Å². The van der Waals surface area contributed by atoms with Gasteiger partial charge >= 0.3 is 0 Å². The van der Waals surface area contributed by atoms with Crippen molar-refractivity contribution in [1.29, 1.82) is 0 Å². The lowest BCUT2D eigenvalue weighted by atomic mass is 10.3. The number of benzene rings is 1. The topological polar surface area (TPSA) is 45.7 Å². The van der Waals surface area contributed by atoms with E-state index in [9.17, 15) is 4.39 Å². The summed E-state index contributed by atoms with van der Waals surface area (Å²) >= 11 is 0. The van der Waals surface area contributed by atoms with Crippen molar-refractivity contribution in [3.05, 3.63) is 42.2 Å². The number of hydrogen-bond donors (Lipinski definition) is 2. The molecule has 0 radical (unpaired) electrons. The number of halogens is 1. The second kappa shape index (κ2) is 9.80. The number of guanidine groups is 1. The fraction of sp³-hybridized carbons (Fsp3) is 0.438. The van der Waals surface area contributed by atoms with Gasteiger partial charge in [-0.15, -0.1) is 0 Å². The number of rotatable bonds is 7. The molecule has 1 rings (SSSR count). The molecule has 1 unspecified atom stereocenters. The quantitative estimate of drug-likeness (QED) is 0.352. The molecule has 0 saturated heterocycles. The van der Waals surface area contributed by atoms with Crippen LogP contribution in [0.2, 0.25) is 0 Å². The first-order valence-corrected chi connectivity index (χ1v) is 7.13. The lowest BCUT2D eigenvalue weighted by Gasteiger charge is -2.17. The number of aliphatic imine (C=N–C) groups is 1. The Hall–Kier alpha value is -2.04. The van der Waals surface area contributed by atoms with Gasteiger partial charge in [-0.25, -0.2) is 4.39 Å². The third-order valence-corrected chi connectivity index (χ3v) is 2.75. The summed E-state index contributed by atoms with van der Waals surface area (Å²) in [4.78, 5) is 4.13. The summed E-state index contributed by atoms with van der Waals surface area (Å²) < 4.78 is 18.7. The molecule has 0 aliphatic rings. The summed E-state index contributed by atoms with van der Waals surface area (Å²) in [6.45, 7) is 5.33. The van der Waals surface area contributed by atoms with Crippen molar-refractivity contribution in [2.24, 2.45) is 4.99 Å². The Bertz CT molecular complexity index is 474. The second-order valence-corrected chi connectivity index (χ2v) is 4.62. The van der Waals surface area contributed by atoms with E-state index in [2.05, 4.69) is 21.7 Å². The maximum Gasteiger partial charge on any atom is 0.191 e. The molecule has 1 aromatic rings. The molecule has 116 valence electrons. The van der Waals surface area contributed by atoms with E-state index in [0.29, 0.717) is 12.3 Å². The van der Waals surface area contributed by atoms with E-state index < -0.39 is 0 Å². The monoisotopic (exact) mass is 293 g/mol. The number of nitrogens with one attached hydrogen (secondary N) is 2. The first-order chi connectivity index (χ1) is 10.2. The van der Waals surface area contributed by atoms with Crippen LogP contribution in [-0.2, 0) is 0 Å². The summed E-state index contributed by atoms with van der Waals surface area (Å²) in [5, 5.41) is 6.38. The maximum atomic E-state index is 13.1. The van der Waals surface area contributed by atoms with Crippen LogP contribution >= 0.6 is 0 Å². The average molecular weight is 293 g/mol. The first-order valence-electron chi connectivity index (χ1n) is 7.13. The molecule has 0 aliphatic heterocycles. The molecule has 0 aromatic heterocycles. The molecular formula is C16H24FN3O. The van der Waals surface area contributed by atoms with Crippen molar-refractivity contribution >= 4 is 5.96 Å². The van der Waals surface area contributed by atoms with E-state index in [1.54, 1.807) is 19.2 Å². The predicted octanol–water partition coefficient (Wildman–Crippen LogP) is 2.72. The molecule has 0 aliphatic carbocycles. The predicted molar refractivity (Wildman–Crippen MR) is 85.3 cm³/mol. The maximum absolute atomic E-state index is 13.1. The summed E-state index contributed by atoms with van der Waals surface area (Å²) in [5.41, 5.74) is 0. The fourth-order valence-electron chi connectivity index (χ4n) is 1.72. The van der Waals surface area contributed by atoms with Gasteiger partial charge in [-0.1, -0.05) is 18.2 Å². The van der Waals surface area contributed by atoms with Crippen LogP contribution < -0.4 is 15.4 Å². The summed E-state index contributed by atoms with van der Waals surface area (Å²) in [5.74, 6) is 0.962. The molecular weight excluding hydrogens is 269 g/mol. The van der Waals surface area contributed by atoms with Gasteiger partial charge in [0.1, 0.15) is 17.7 Å². The Balaban J connectivity index is 2.32. The minimum Gasteiger partial charge on any atom is -0.489 e. The summed E-state index contributed by atoms with van der Waals surface area (Å²) in [6, 6.07) is 6.14. The molecule has 21 heavy (non-hydrogen) atoms. The Labute approximate surface area is 126 Å². The summed E-state index contributed by atoms with van der Waals surface area (Å²) in [7, 11) is 1.73. The van der Waals surface area contributed by atoms with Crippen LogP contribution in [0.5, 0.6) is 5.75 Å². The largest absolute Gasteiger partial charge is 0.489 e. The highest BCUT2D eigenvalue weighted by Gasteiger charge is 2.06. The van der Waals surface area contributed by atoms with Crippen LogP contribution in [0.1, 0.15) is 20.3 Å². The van der Waals surface area contributed by atoms with E-state index in [0.717, 1.165) is 18.9 Å². The third-order valence-electron chi connectivity index (χ3n) is 2.75. The van der Waals surface area contributed by atoms with Gasteiger partial charge in [0, 0.05) is 19.7 Å². The number of hydrogen-bond acceptors (Lipinski definition) is 2. The average Bonchev–Trinajstić information content (AvgIpc) is 2.46. The van der Waals surface area contributed by atoms with Crippen LogP contribution in [0.25, 0.3) is 0 Å². The van der Waals surface area contributed by atoms with Crippen molar-refractivity contribution < 1.29 is 9.13 Å². The summed E-state index contributed by atoms with van der Waals surface area (Å²) in [6.07, 6.45) is 4.97. The van der Waals surface area contributed by atoms with Gasteiger partial charge in [0.25, 0.3) is 0 Å². The molecule has 0 fully saturated rings. The van der Waals surface area contributed by atoms with Gasteiger partial charge in [-0.2, -0.15) is 0 Å². The fourth-order valence-corrected chi connectivity index (χ4v) is 1.72. The van der Waals surface area contributed by atoms with Gasteiger partial charge in [0.15, 0.2) is 5.96 Å². The zero-order chi connectivity index (χ0) is 15.5. The normalized spacial score (nSPS) is 13.2. The SMILES string of the molecule is C/C=C/CCNC(=NC)NCC(C)Oc1cccc(F)c1. The van der Waals surface area contributed by atoms with E-state index in [1.165, 1.54) is 12.1 Å². The molecule has 0 bridgehead atoms. The lowest BCUT2D eigenvalue weighted by molar-refractivity contribution is 0.223. The smallest absolute Gasteiger partial charge is 0.191 e. The highest BCUT2D eigenvalue weighted by Crippen LogP contribution is 2.13. The van der Waals surface area contributed by atoms with Crippen molar-refractivity contribution in [3.8, 4) is 5.75 Å². The third kappa shape index (κ3) is 7.34. The standard InChI is InChI=1S/C16H24FN3O/c1-4-5-6-10-19-16(18-3)20-12-13(2)21-15-9-7-8-14(17)11-15/h4-5,7-9,11,13H,6,10,12H2,1-3H3,(H2,18,19,20)/b5-4+. The number of ether oxygens (including phenoxy) is 1. The number of nitrogens with zero attached hydrogens (tertiary/aromatic N) is 1. The molecule has 0 saturated carbocycles. The van der Waals surface area contributed by atoms with Gasteiger partial charge in [0.2, 0.25) is 0 Å². The molecule has 0 spiro atoms. The molecule has 5 heteroatoms.